The minimum absolute atomic E-state index is 0.0307. The SMILES string of the molecule is COc1ccc(OC)c(NC(=O)Cn2c(-c3cccs3)n[nH]c2=S)c1. The van der Waals surface area contributed by atoms with E-state index in [0.717, 1.165) is 4.88 Å². The predicted molar refractivity (Wildman–Crippen MR) is 98.9 cm³/mol. The third-order valence-electron chi connectivity index (χ3n) is 3.48. The molecule has 2 N–H and O–H groups in total. The molecule has 0 atom stereocenters. The van der Waals surface area contributed by atoms with Crippen molar-refractivity contribution in [1.82, 2.24) is 14.8 Å². The fourth-order valence-corrected chi connectivity index (χ4v) is 3.22. The Hall–Kier alpha value is -2.65. The van der Waals surface area contributed by atoms with Gasteiger partial charge in [-0.1, -0.05) is 6.07 Å². The van der Waals surface area contributed by atoms with Crippen molar-refractivity contribution >= 4 is 35.1 Å². The zero-order chi connectivity index (χ0) is 17.8. The smallest absolute Gasteiger partial charge is 0.244 e. The molecule has 9 heteroatoms. The van der Waals surface area contributed by atoms with Crippen LogP contribution < -0.4 is 14.8 Å². The molecule has 1 aromatic carbocycles. The molecule has 0 unspecified atom stereocenters. The number of thiophene rings is 1. The molecule has 7 nitrogen and oxygen atoms in total. The van der Waals surface area contributed by atoms with Crippen LogP contribution in [-0.4, -0.2) is 34.9 Å². The first-order chi connectivity index (χ1) is 12.1. The lowest BCUT2D eigenvalue weighted by Gasteiger charge is -2.12. The van der Waals surface area contributed by atoms with Gasteiger partial charge in [0.05, 0.1) is 24.8 Å². The van der Waals surface area contributed by atoms with E-state index in [4.69, 9.17) is 21.7 Å². The van der Waals surface area contributed by atoms with Crippen LogP contribution in [0.2, 0.25) is 0 Å². The summed E-state index contributed by atoms with van der Waals surface area (Å²) >= 11 is 6.77. The summed E-state index contributed by atoms with van der Waals surface area (Å²) in [4.78, 5) is 13.4. The lowest BCUT2D eigenvalue weighted by molar-refractivity contribution is -0.116. The summed E-state index contributed by atoms with van der Waals surface area (Å²) in [5.74, 6) is 1.55. The molecule has 0 aliphatic carbocycles. The van der Waals surface area contributed by atoms with Gasteiger partial charge in [-0.2, -0.15) is 5.10 Å². The van der Waals surface area contributed by atoms with Crippen LogP contribution in [0.15, 0.2) is 35.7 Å². The lowest BCUT2D eigenvalue weighted by atomic mass is 10.2. The second-order valence-electron chi connectivity index (χ2n) is 5.03. The summed E-state index contributed by atoms with van der Waals surface area (Å²) in [5, 5.41) is 11.7. The van der Waals surface area contributed by atoms with Gasteiger partial charge in [0.2, 0.25) is 5.91 Å². The number of amides is 1. The predicted octanol–water partition coefficient (Wildman–Crippen LogP) is 3.33. The molecule has 25 heavy (non-hydrogen) atoms. The van der Waals surface area contributed by atoms with Crippen molar-refractivity contribution in [2.75, 3.05) is 19.5 Å². The summed E-state index contributed by atoms with van der Waals surface area (Å²) in [5.41, 5.74) is 0.527. The van der Waals surface area contributed by atoms with Gasteiger partial charge in [-0.15, -0.1) is 11.3 Å². The number of anilines is 1. The Morgan fingerprint density at radius 2 is 2.20 bits per heavy atom. The number of aromatic nitrogens is 3. The maximum absolute atomic E-state index is 12.5. The second-order valence-corrected chi connectivity index (χ2v) is 6.36. The molecular formula is C16H16N4O3S2. The number of benzene rings is 1. The maximum atomic E-state index is 12.5. The fourth-order valence-electron chi connectivity index (χ4n) is 2.30. The van der Waals surface area contributed by atoms with E-state index in [1.807, 2.05) is 17.5 Å². The normalized spacial score (nSPS) is 10.5. The van der Waals surface area contributed by atoms with E-state index in [2.05, 4.69) is 15.5 Å². The van der Waals surface area contributed by atoms with Crippen molar-refractivity contribution < 1.29 is 14.3 Å². The molecule has 0 aliphatic heterocycles. The topological polar surface area (TPSA) is 81.2 Å². The van der Waals surface area contributed by atoms with Crippen LogP contribution in [0.1, 0.15) is 0 Å². The van der Waals surface area contributed by atoms with Gasteiger partial charge >= 0.3 is 0 Å². The lowest BCUT2D eigenvalue weighted by Crippen LogP contribution is -2.19. The number of hydrogen-bond acceptors (Lipinski definition) is 6. The largest absolute Gasteiger partial charge is 0.497 e. The minimum atomic E-state index is -0.248. The molecular weight excluding hydrogens is 360 g/mol. The third-order valence-corrected chi connectivity index (χ3v) is 4.66. The Labute approximate surface area is 153 Å². The van der Waals surface area contributed by atoms with E-state index in [1.54, 1.807) is 37.0 Å². The number of carbonyl (C=O) groups excluding carboxylic acids is 1. The molecule has 3 aromatic rings. The van der Waals surface area contributed by atoms with Crippen molar-refractivity contribution in [2.45, 2.75) is 6.54 Å². The average molecular weight is 376 g/mol. The standard InChI is InChI=1S/C16H16N4O3S2/c1-22-10-5-6-12(23-2)11(8-10)17-14(21)9-20-15(18-19-16(20)24)13-4-3-7-25-13/h3-8H,9H2,1-2H3,(H,17,21)(H,19,24). The first-order valence-electron chi connectivity index (χ1n) is 7.33. The average Bonchev–Trinajstić information content (AvgIpc) is 3.25. The van der Waals surface area contributed by atoms with Gasteiger partial charge < -0.3 is 14.8 Å². The highest BCUT2D eigenvalue weighted by atomic mass is 32.1. The second kappa shape index (κ2) is 7.49. The number of aromatic amines is 1. The van der Waals surface area contributed by atoms with E-state index in [0.29, 0.717) is 27.8 Å². The van der Waals surface area contributed by atoms with Gasteiger partial charge in [0.1, 0.15) is 18.0 Å². The number of nitrogens with one attached hydrogen (secondary N) is 2. The van der Waals surface area contributed by atoms with Crippen LogP contribution in [0.25, 0.3) is 10.7 Å². The molecule has 130 valence electrons. The van der Waals surface area contributed by atoms with Crippen molar-refractivity contribution in [1.29, 1.82) is 0 Å². The van der Waals surface area contributed by atoms with Gasteiger partial charge in [0.15, 0.2) is 10.6 Å². The first kappa shape index (κ1) is 17.2. The molecule has 3 rings (SSSR count). The Bertz CT molecular complexity index is 931. The summed E-state index contributed by atoms with van der Waals surface area (Å²) in [7, 11) is 3.10. The quantitative estimate of drug-likeness (QED) is 0.645. The van der Waals surface area contributed by atoms with Gasteiger partial charge in [-0.05, 0) is 35.8 Å². The van der Waals surface area contributed by atoms with Crippen LogP contribution in [0.4, 0.5) is 5.69 Å². The molecule has 2 aromatic heterocycles. The number of rotatable bonds is 6. The van der Waals surface area contributed by atoms with Gasteiger partial charge in [-0.3, -0.25) is 14.5 Å². The number of methoxy groups -OCH3 is 2. The molecule has 0 bridgehead atoms. The number of nitrogens with zero attached hydrogens (tertiary/aromatic N) is 2. The van der Waals surface area contributed by atoms with Crippen LogP contribution >= 0.6 is 23.6 Å². The van der Waals surface area contributed by atoms with E-state index in [9.17, 15) is 4.79 Å². The Balaban J connectivity index is 1.83. The summed E-state index contributed by atoms with van der Waals surface area (Å²) in [6.07, 6.45) is 0. The fraction of sp³-hybridized carbons (Fsp3) is 0.188. The number of H-pyrrole nitrogens is 1. The van der Waals surface area contributed by atoms with Crippen LogP contribution in [0, 0.1) is 4.77 Å². The molecule has 2 heterocycles. The Kier molecular flexibility index (Phi) is 5.15. The van der Waals surface area contributed by atoms with Crippen molar-refractivity contribution in [2.24, 2.45) is 0 Å². The van der Waals surface area contributed by atoms with Gasteiger partial charge in [0, 0.05) is 6.07 Å². The van der Waals surface area contributed by atoms with Crippen molar-refractivity contribution in [3.05, 3.63) is 40.5 Å². The van der Waals surface area contributed by atoms with Crippen LogP contribution in [0.5, 0.6) is 11.5 Å². The Morgan fingerprint density at radius 3 is 2.88 bits per heavy atom. The van der Waals surface area contributed by atoms with Crippen LogP contribution in [0.3, 0.4) is 0 Å². The number of ether oxygens (including phenoxy) is 2. The summed E-state index contributed by atoms with van der Waals surface area (Å²) in [6, 6.07) is 9.04. The van der Waals surface area contributed by atoms with Gasteiger partial charge in [-0.25, -0.2) is 0 Å². The monoisotopic (exact) mass is 376 g/mol. The van der Waals surface area contributed by atoms with Crippen LogP contribution in [-0.2, 0) is 11.3 Å². The number of hydrogen-bond donors (Lipinski definition) is 2. The molecule has 0 saturated carbocycles. The highest BCUT2D eigenvalue weighted by Crippen LogP contribution is 2.29. The maximum Gasteiger partial charge on any atom is 0.244 e. The van der Waals surface area contributed by atoms with Crippen molar-refractivity contribution in [3.8, 4) is 22.2 Å². The van der Waals surface area contributed by atoms with Gasteiger partial charge in [0.25, 0.3) is 0 Å². The minimum Gasteiger partial charge on any atom is -0.497 e. The summed E-state index contributed by atoms with van der Waals surface area (Å²) < 4.78 is 12.5. The zero-order valence-electron chi connectivity index (χ0n) is 13.6. The highest BCUT2D eigenvalue weighted by Gasteiger charge is 2.15. The molecule has 1 amide bonds. The third kappa shape index (κ3) is 3.72. The first-order valence-corrected chi connectivity index (χ1v) is 8.62. The van der Waals surface area contributed by atoms with Crippen molar-refractivity contribution in [3.63, 3.8) is 0 Å². The van der Waals surface area contributed by atoms with E-state index in [1.165, 1.54) is 11.3 Å². The molecule has 0 spiro atoms. The highest BCUT2D eigenvalue weighted by molar-refractivity contribution is 7.71. The number of carbonyl (C=O) groups is 1. The molecule has 0 fully saturated rings. The van der Waals surface area contributed by atoms with E-state index >= 15 is 0 Å². The van der Waals surface area contributed by atoms with E-state index < -0.39 is 0 Å². The summed E-state index contributed by atoms with van der Waals surface area (Å²) in [6.45, 7) is 0.0307. The Morgan fingerprint density at radius 1 is 1.36 bits per heavy atom. The zero-order valence-corrected chi connectivity index (χ0v) is 15.2. The molecule has 0 radical (unpaired) electrons. The molecule has 0 saturated heterocycles. The molecule has 0 aliphatic rings. The van der Waals surface area contributed by atoms with E-state index in [-0.39, 0.29) is 12.5 Å².